The summed E-state index contributed by atoms with van der Waals surface area (Å²) in [6, 6.07) is 7.16. The van der Waals surface area contributed by atoms with Gasteiger partial charge in [-0.05, 0) is 62.9 Å². The number of likely N-dealkylation sites (tertiary alicyclic amines) is 1. The van der Waals surface area contributed by atoms with Crippen LogP contribution < -0.4 is 10.9 Å². The van der Waals surface area contributed by atoms with Crippen LogP contribution >= 0.6 is 0 Å². The van der Waals surface area contributed by atoms with Gasteiger partial charge in [0.2, 0.25) is 5.91 Å². The zero-order chi connectivity index (χ0) is 18.6. The number of hydrogen-bond acceptors (Lipinski definition) is 5. The molecule has 0 saturated carbocycles. The van der Waals surface area contributed by atoms with Gasteiger partial charge in [-0.15, -0.1) is 0 Å². The molecule has 7 nitrogen and oxygen atoms in total. The zero-order valence-corrected chi connectivity index (χ0v) is 15.4. The van der Waals surface area contributed by atoms with Crippen molar-refractivity contribution in [3.05, 3.63) is 47.0 Å². The number of piperidine rings is 2. The Morgan fingerprint density at radius 3 is 2.56 bits per heavy atom. The third-order valence-corrected chi connectivity index (χ3v) is 5.62. The summed E-state index contributed by atoms with van der Waals surface area (Å²) in [5, 5.41) is 7.53. The largest absolute Gasteiger partial charge is 0.355 e. The average molecular weight is 367 g/mol. The Bertz CT molecular complexity index is 843. The van der Waals surface area contributed by atoms with Crippen LogP contribution in [0.25, 0.3) is 11.3 Å². The summed E-state index contributed by atoms with van der Waals surface area (Å²) in [6.07, 6.45) is 7.42. The summed E-state index contributed by atoms with van der Waals surface area (Å²) in [6.45, 7) is 3.24. The summed E-state index contributed by atoms with van der Waals surface area (Å²) in [4.78, 5) is 30.7. The van der Waals surface area contributed by atoms with E-state index in [4.69, 9.17) is 0 Å². The minimum atomic E-state index is -0.0677. The molecule has 2 aliphatic rings. The highest BCUT2D eigenvalue weighted by molar-refractivity contribution is 5.82. The number of nitrogens with one attached hydrogen (secondary N) is 1. The summed E-state index contributed by atoms with van der Waals surface area (Å²) in [7, 11) is 0. The fourth-order valence-corrected chi connectivity index (χ4v) is 4.05. The number of pyridine rings is 1. The Morgan fingerprint density at radius 1 is 1.04 bits per heavy atom. The molecule has 1 unspecified atom stereocenters. The van der Waals surface area contributed by atoms with Gasteiger partial charge in [-0.25, -0.2) is 4.68 Å². The van der Waals surface area contributed by atoms with E-state index in [0.717, 1.165) is 56.6 Å². The second-order valence-corrected chi connectivity index (χ2v) is 7.40. The lowest BCUT2D eigenvalue weighted by Crippen LogP contribution is -2.52. The molecule has 0 aromatic carbocycles. The summed E-state index contributed by atoms with van der Waals surface area (Å²) in [5.41, 5.74) is 1.67. The number of rotatable bonds is 4. The molecule has 1 amide bonds. The number of carbonyl (C=O) groups is 1. The van der Waals surface area contributed by atoms with E-state index < -0.39 is 0 Å². The van der Waals surface area contributed by atoms with Crippen LogP contribution in [0.4, 0.5) is 0 Å². The Hall–Kier alpha value is -2.54. The number of amides is 1. The smallest absolute Gasteiger partial charge is 0.266 e. The third-order valence-electron chi connectivity index (χ3n) is 5.62. The van der Waals surface area contributed by atoms with Gasteiger partial charge in [0.25, 0.3) is 5.56 Å². The quantitative estimate of drug-likeness (QED) is 0.881. The molecule has 2 aliphatic heterocycles. The molecule has 4 rings (SSSR count). The first-order chi connectivity index (χ1) is 13.2. The number of hydrogen-bond donors (Lipinski definition) is 1. The summed E-state index contributed by atoms with van der Waals surface area (Å²) in [5.74, 6) is 0.577. The fraction of sp³-hybridized carbons (Fsp3) is 0.500. The topological polar surface area (TPSA) is 80.1 Å². The Morgan fingerprint density at radius 2 is 1.81 bits per heavy atom. The predicted octanol–water partition coefficient (Wildman–Crippen LogP) is 1.30. The normalized spacial score (nSPS) is 21.8. The van der Waals surface area contributed by atoms with Crippen molar-refractivity contribution in [2.75, 3.05) is 19.6 Å². The lowest BCUT2D eigenvalue weighted by molar-refractivity contribution is -0.128. The minimum Gasteiger partial charge on any atom is -0.355 e. The maximum Gasteiger partial charge on any atom is 0.266 e. The molecule has 2 saturated heterocycles. The molecule has 1 N–H and O–H groups in total. The molecule has 0 bridgehead atoms. The lowest BCUT2D eigenvalue weighted by Gasteiger charge is -2.38. The molecule has 0 spiro atoms. The maximum atomic E-state index is 12.3. The molecule has 1 atom stereocenters. The van der Waals surface area contributed by atoms with E-state index in [2.05, 4.69) is 20.3 Å². The van der Waals surface area contributed by atoms with Crippen molar-refractivity contribution in [1.82, 2.24) is 25.0 Å². The first-order valence-electron chi connectivity index (χ1n) is 9.71. The van der Waals surface area contributed by atoms with Crippen LogP contribution in [-0.2, 0) is 11.3 Å². The SMILES string of the molecule is O=C1NCCCC1N1CCC(Cn2nc(-c3ccncc3)ccc2=O)CC1. The highest BCUT2D eigenvalue weighted by atomic mass is 16.2. The van der Waals surface area contributed by atoms with E-state index in [-0.39, 0.29) is 17.5 Å². The standard InChI is InChI=1S/C20H25N5O2/c26-19-4-3-17(16-5-10-21-11-6-16)23-25(19)14-15-7-12-24(13-8-15)18-2-1-9-22-20(18)27/h3-6,10-11,15,18H,1-2,7-9,12-14H2,(H,22,27). The van der Waals surface area contributed by atoms with Crippen LogP contribution in [0.3, 0.4) is 0 Å². The molecular formula is C20H25N5O2. The second-order valence-electron chi connectivity index (χ2n) is 7.40. The Kier molecular flexibility index (Phi) is 5.29. The van der Waals surface area contributed by atoms with E-state index in [1.54, 1.807) is 29.2 Å². The van der Waals surface area contributed by atoms with E-state index in [1.807, 2.05) is 12.1 Å². The summed E-state index contributed by atoms with van der Waals surface area (Å²) >= 11 is 0. The molecule has 0 aliphatic carbocycles. The summed E-state index contributed by atoms with van der Waals surface area (Å²) < 4.78 is 1.59. The first-order valence-corrected chi connectivity index (χ1v) is 9.71. The number of carbonyl (C=O) groups excluding carboxylic acids is 1. The molecule has 2 fully saturated rings. The third kappa shape index (κ3) is 4.08. The molecule has 27 heavy (non-hydrogen) atoms. The fourth-order valence-electron chi connectivity index (χ4n) is 4.05. The van der Waals surface area contributed by atoms with Gasteiger partial charge >= 0.3 is 0 Å². The number of nitrogens with zero attached hydrogens (tertiary/aromatic N) is 4. The van der Waals surface area contributed by atoms with Crippen LogP contribution in [0.1, 0.15) is 25.7 Å². The molecular weight excluding hydrogens is 342 g/mol. The average Bonchev–Trinajstić information content (AvgIpc) is 2.71. The molecule has 2 aromatic rings. The molecule has 7 heteroatoms. The van der Waals surface area contributed by atoms with E-state index >= 15 is 0 Å². The van der Waals surface area contributed by atoms with Crippen molar-refractivity contribution in [1.29, 1.82) is 0 Å². The van der Waals surface area contributed by atoms with Gasteiger partial charge in [-0.2, -0.15) is 5.10 Å². The molecule has 4 heterocycles. The van der Waals surface area contributed by atoms with Crippen molar-refractivity contribution in [2.24, 2.45) is 5.92 Å². The van der Waals surface area contributed by atoms with Gasteiger partial charge in [0.05, 0.1) is 11.7 Å². The maximum absolute atomic E-state index is 12.3. The van der Waals surface area contributed by atoms with Crippen molar-refractivity contribution in [2.45, 2.75) is 38.3 Å². The van der Waals surface area contributed by atoms with Gasteiger partial charge in [0, 0.05) is 37.1 Å². The predicted molar refractivity (Wildman–Crippen MR) is 102 cm³/mol. The highest BCUT2D eigenvalue weighted by Crippen LogP contribution is 2.23. The van der Waals surface area contributed by atoms with Crippen LogP contribution in [0.2, 0.25) is 0 Å². The first kappa shape index (κ1) is 17.9. The van der Waals surface area contributed by atoms with Crippen molar-refractivity contribution in [3.63, 3.8) is 0 Å². The molecule has 142 valence electrons. The minimum absolute atomic E-state index is 0.0237. The van der Waals surface area contributed by atoms with Crippen LogP contribution in [0.15, 0.2) is 41.5 Å². The van der Waals surface area contributed by atoms with Gasteiger partial charge in [-0.3, -0.25) is 19.5 Å². The van der Waals surface area contributed by atoms with Gasteiger partial charge in [0.1, 0.15) is 0 Å². The lowest BCUT2D eigenvalue weighted by atomic mass is 9.94. The van der Waals surface area contributed by atoms with Crippen molar-refractivity contribution >= 4 is 5.91 Å². The molecule has 2 aromatic heterocycles. The van der Waals surface area contributed by atoms with E-state index in [9.17, 15) is 9.59 Å². The van der Waals surface area contributed by atoms with E-state index in [1.165, 1.54) is 0 Å². The number of aromatic nitrogens is 3. The van der Waals surface area contributed by atoms with E-state index in [0.29, 0.717) is 12.5 Å². The van der Waals surface area contributed by atoms with Gasteiger partial charge in [-0.1, -0.05) is 0 Å². The molecule has 0 radical (unpaired) electrons. The Balaban J connectivity index is 1.40. The van der Waals surface area contributed by atoms with Crippen molar-refractivity contribution in [3.8, 4) is 11.3 Å². The highest BCUT2D eigenvalue weighted by Gasteiger charge is 2.31. The van der Waals surface area contributed by atoms with Crippen LogP contribution in [0.5, 0.6) is 0 Å². The Labute approximate surface area is 158 Å². The van der Waals surface area contributed by atoms with Gasteiger partial charge < -0.3 is 5.32 Å². The van der Waals surface area contributed by atoms with Crippen LogP contribution in [0, 0.1) is 5.92 Å². The zero-order valence-electron chi connectivity index (χ0n) is 15.4. The van der Waals surface area contributed by atoms with Gasteiger partial charge in [0.15, 0.2) is 0 Å². The van der Waals surface area contributed by atoms with Crippen molar-refractivity contribution < 1.29 is 4.79 Å². The van der Waals surface area contributed by atoms with Crippen LogP contribution in [-0.4, -0.2) is 51.2 Å². The second kappa shape index (κ2) is 8.00. The monoisotopic (exact) mass is 367 g/mol.